The molecule has 1 aliphatic carbocycles. The Labute approximate surface area is 160 Å². The first-order valence-corrected chi connectivity index (χ1v) is 11.4. The molecule has 1 saturated heterocycles. The highest BCUT2D eigenvalue weighted by Crippen LogP contribution is 2.42. The summed E-state index contributed by atoms with van der Waals surface area (Å²) in [4.78, 5) is 19.2. The fourth-order valence-electron chi connectivity index (χ4n) is 4.28. The average Bonchev–Trinajstić information content (AvgIpc) is 3.42. The Hall–Kier alpha value is -1.45. The van der Waals surface area contributed by atoms with Gasteiger partial charge in [-0.05, 0) is 39.5 Å². The third-order valence-corrected chi connectivity index (χ3v) is 8.44. The van der Waals surface area contributed by atoms with Crippen LogP contribution < -0.4 is 0 Å². The molecule has 1 aromatic heterocycles. The van der Waals surface area contributed by atoms with Gasteiger partial charge in [0, 0.05) is 38.6 Å². The van der Waals surface area contributed by atoms with Crippen LogP contribution >= 0.6 is 0 Å². The summed E-state index contributed by atoms with van der Waals surface area (Å²) in [6.45, 7) is 6.50. The van der Waals surface area contributed by atoms with Gasteiger partial charge in [0.15, 0.2) is 6.10 Å². The lowest BCUT2D eigenvalue weighted by atomic mass is 9.89. The Balaban J connectivity index is 1.56. The molecule has 1 atom stereocenters. The van der Waals surface area contributed by atoms with Crippen LogP contribution in [0.25, 0.3) is 0 Å². The molecule has 4 rings (SSSR count). The normalized spacial score (nSPS) is 25.3. The summed E-state index contributed by atoms with van der Waals surface area (Å²) in [6.07, 6.45) is 5.65. The molecule has 2 aliphatic heterocycles. The van der Waals surface area contributed by atoms with Gasteiger partial charge in [-0.15, -0.1) is 0 Å². The van der Waals surface area contributed by atoms with Gasteiger partial charge in [-0.1, -0.05) is 0 Å². The number of sulfonamides is 1. The topological polar surface area (TPSA) is 84.7 Å². The van der Waals surface area contributed by atoms with Gasteiger partial charge in [0.25, 0.3) is 5.91 Å². The minimum atomic E-state index is -3.18. The molecular formula is C18H28N4O4S. The molecule has 0 radical (unpaired) electrons. The molecule has 1 spiro atoms. The molecule has 8 nitrogen and oxygen atoms in total. The molecule has 150 valence electrons. The molecule has 2 fully saturated rings. The molecule has 1 amide bonds. The molecule has 3 aliphatic rings. The number of rotatable bonds is 5. The predicted octanol–water partition coefficient (Wildman–Crippen LogP) is 0.934. The van der Waals surface area contributed by atoms with E-state index >= 15 is 0 Å². The maximum atomic E-state index is 12.9. The van der Waals surface area contributed by atoms with Crippen LogP contribution in [0.5, 0.6) is 0 Å². The Morgan fingerprint density at radius 2 is 1.96 bits per heavy atom. The van der Waals surface area contributed by atoms with Crippen molar-refractivity contribution in [1.29, 1.82) is 0 Å². The molecule has 3 heterocycles. The molecule has 0 bridgehead atoms. The number of piperidine rings is 1. The minimum Gasteiger partial charge on any atom is -0.352 e. The fourth-order valence-corrected chi connectivity index (χ4v) is 6.13. The number of aromatic nitrogens is 2. The van der Waals surface area contributed by atoms with E-state index in [0.717, 1.165) is 18.7 Å². The highest BCUT2D eigenvalue weighted by molar-refractivity contribution is 7.90. The predicted molar refractivity (Wildman–Crippen MR) is 99.5 cm³/mol. The van der Waals surface area contributed by atoms with Crippen molar-refractivity contribution in [2.24, 2.45) is 0 Å². The maximum Gasteiger partial charge on any atom is 0.253 e. The first-order chi connectivity index (χ1) is 12.9. The van der Waals surface area contributed by atoms with Gasteiger partial charge in [0.2, 0.25) is 10.0 Å². The average molecular weight is 397 g/mol. The zero-order valence-electron chi connectivity index (χ0n) is 16.0. The number of carbonyl (C=O) groups is 1. The monoisotopic (exact) mass is 396 g/mol. The van der Waals surface area contributed by atoms with Crippen LogP contribution in [-0.2, 0) is 31.7 Å². The van der Waals surface area contributed by atoms with Crippen LogP contribution in [-0.4, -0.2) is 70.6 Å². The Bertz CT molecular complexity index is 805. The first-order valence-electron chi connectivity index (χ1n) is 9.88. The summed E-state index contributed by atoms with van der Waals surface area (Å²) in [5.41, 5.74) is -0.690. The van der Waals surface area contributed by atoms with Crippen LogP contribution in [0.3, 0.4) is 0 Å². The van der Waals surface area contributed by atoms with Crippen molar-refractivity contribution in [1.82, 2.24) is 18.8 Å². The van der Waals surface area contributed by atoms with E-state index in [9.17, 15) is 13.2 Å². The van der Waals surface area contributed by atoms with E-state index in [1.54, 1.807) is 15.4 Å². The number of hydrogen-bond donors (Lipinski definition) is 0. The number of likely N-dealkylation sites (N-methyl/N-ethyl adjacent to an activating group) is 1. The highest BCUT2D eigenvalue weighted by Gasteiger charge is 2.50. The zero-order chi connectivity index (χ0) is 19.2. The van der Waals surface area contributed by atoms with E-state index < -0.39 is 21.7 Å². The van der Waals surface area contributed by atoms with Crippen molar-refractivity contribution in [3.63, 3.8) is 0 Å². The highest BCUT2D eigenvalue weighted by atomic mass is 32.2. The number of hydrogen-bond acceptors (Lipinski definition) is 5. The third-order valence-electron chi connectivity index (χ3n) is 6.04. The summed E-state index contributed by atoms with van der Waals surface area (Å²) >= 11 is 0. The van der Waals surface area contributed by atoms with Crippen molar-refractivity contribution in [2.75, 3.05) is 26.2 Å². The number of imidazole rings is 1. The second-order valence-corrected chi connectivity index (χ2v) is 9.87. The molecule has 1 aromatic rings. The van der Waals surface area contributed by atoms with Crippen LogP contribution in [0.2, 0.25) is 0 Å². The van der Waals surface area contributed by atoms with E-state index in [1.807, 2.05) is 24.6 Å². The SMILES string of the molecule is CCN(CC)C(=O)[C@@H]1Cn2ccnc2C2(CCN(S(=O)(=O)C3CC3)CC2)O1. The van der Waals surface area contributed by atoms with E-state index in [1.165, 1.54) is 0 Å². The summed E-state index contributed by atoms with van der Waals surface area (Å²) in [5.74, 6) is 0.807. The van der Waals surface area contributed by atoms with E-state index in [4.69, 9.17) is 4.74 Å². The largest absolute Gasteiger partial charge is 0.352 e. The molecule has 0 aromatic carbocycles. The number of nitrogens with zero attached hydrogens (tertiary/aromatic N) is 4. The quantitative estimate of drug-likeness (QED) is 0.739. The fraction of sp³-hybridized carbons (Fsp3) is 0.778. The van der Waals surface area contributed by atoms with Crippen LogP contribution in [0.4, 0.5) is 0 Å². The van der Waals surface area contributed by atoms with Crippen molar-refractivity contribution in [3.8, 4) is 0 Å². The summed E-state index contributed by atoms with van der Waals surface area (Å²) in [6, 6.07) is 0. The Morgan fingerprint density at radius 3 is 2.56 bits per heavy atom. The molecule has 0 unspecified atom stereocenters. The van der Waals surface area contributed by atoms with Gasteiger partial charge in [-0.25, -0.2) is 17.7 Å². The second kappa shape index (κ2) is 6.86. The van der Waals surface area contributed by atoms with E-state index in [0.29, 0.717) is 45.6 Å². The standard InChI is InChI=1S/C18H28N4O4S/c1-3-20(4-2)16(23)15-13-21-12-9-19-17(21)18(26-15)7-10-22(11-8-18)27(24,25)14-5-6-14/h9,12,14-15H,3-8,10-11,13H2,1-2H3/t15-/m0/s1. The summed E-state index contributed by atoms with van der Waals surface area (Å²) < 4.78 is 35.1. The molecule has 0 N–H and O–H groups in total. The van der Waals surface area contributed by atoms with E-state index in [-0.39, 0.29) is 11.2 Å². The molecule has 9 heteroatoms. The van der Waals surface area contributed by atoms with Crippen molar-refractivity contribution >= 4 is 15.9 Å². The number of amides is 1. The van der Waals surface area contributed by atoms with Gasteiger partial charge in [-0.3, -0.25) is 4.79 Å². The summed E-state index contributed by atoms with van der Waals surface area (Å²) in [7, 11) is -3.18. The lowest BCUT2D eigenvalue weighted by Crippen LogP contribution is -2.55. The van der Waals surface area contributed by atoms with Gasteiger partial charge in [-0.2, -0.15) is 0 Å². The molecule has 27 heavy (non-hydrogen) atoms. The lowest BCUT2D eigenvalue weighted by molar-refractivity contribution is -0.178. The van der Waals surface area contributed by atoms with Gasteiger partial charge in [0.1, 0.15) is 11.4 Å². The number of fused-ring (bicyclic) bond motifs is 2. The minimum absolute atomic E-state index is 0.00763. The Morgan fingerprint density at radius 1 is 1.30 bits per heavy atom. The Kier molecular flexibility index (Phi) is 4.80. The summed E-state index contributed by atoms with van der Waals surface area (Å²) in [5, 5.41) is -0.196. The smallest absolute Gasteiger partial charge is 0.253 e. The van der Waals surface area contributed by atoms with Crippen LogP contribution in [0, 0.1) is 0 Å². The lowest BCUT2D eigenvalue weighted by Gasteiger charge is -2.45. The maximum absolute atomic E-state index is 12.9. The third kappa shape index (κ3) is 3.19. The molecular weight excluding hydrogens is 368 g/mol. The van der Waals surface area contributed by atoms with Crippen molar-refractivity contribution in [2.45, 2.75) is 63.0 Å². The van der Waals surface area contributed by atoms with Crippen LogP contribution in [0.1, 0.15) is 45.4 Å². The van der Waals surface area contributed by atoms with E-state index in [2.05, 4.69) is 4.98 Å². The van der Waals surface area contributed by atoms with Gasteiger partial charge >= 0.3 is 0 Å². The number of ether oxygens (including phenoxy) is 1. The van der Waals surface area contributed by atoms with Crippen molar-refractivity contribution < 1.29 is 17.9 Å². The zero-order valence-corrected chi connectivity index (χ0v) is 16.8. The van der Waals surface area contributed by atoms with Gasteiger partial charge < -0.3 is 14.2 Å². The first kappa shape index (κ1) is 18.9. The second-order valence-electron chi connectivity index (χ2n) is 7.66. The number of carbonyl (C=O) groups excluding carboxylic acids is 1. The van der Waals surface area contributed by atoms with Gasteiger partial charge in [0.05, 0.1) is 11.8 Å². The van der Waals surface area contributed by atoms with Crippen molar-refractivity contribution in [3.05, 3.63) is 18.2 Å². The molecule has 1 saturated carbocycles. The van der Waals surface area contributed by atoms with Crippen LogP contribution in [0.15, 0.2) is 12.4 Å².